The summed E-state index contributed by atoms with van der Waals surface area (Å²) in [7, 11) is 0. The van der Waals surface area contributed by atoms with E-state index < -0.39 is 0 Å². The van der Waals surface area contributed by atoms with Crippen LogP contribution in [0.2, 0.25) is 0 Å². The first-order valence-electron chi connectivity index (χ1n) is 6.96. The van der Waals surface area contributed by atoms with Crippen molar-refractivity contribution in [3.63, 3.8) is 0 Å². The van der Waals surface area contributed by atoms with Crippen molar-refractivity contribution < 1.29 is 9.53 Å². The average Bonchev–Trinajstić information content (AvgIpc) is 2.37. The van der Waals surface area contributed by atoms with E-state index >= 15 is 0 Å². The van der Waals surface area contributed by atoms with Crippen molar-refractivity contribution in [1.82, 2.24) is 10.6 Å². The van der Waals surface area contributed by atoms with Crippen LogP contribution in [0, 0.1) is 5.92 Å². The quantitative estimate of drug-likeness (QED) is 0.695. The van der Waals surface area contributed by atoms with E-state index in [-0.39, 0.29) is 11.8 Å². The Kier molecular flexibility index (Phi) is 5.85. The van der Waals surface area contributed by atoms with Crippen LogP contribution in [-0.2, 0) is 16.1 Å². The highest BCUT2D eigenvalue weighted by atomic mass is 16.5. The fraction of sp³-hybridized carbons (Fsp3) is 0.533. The van der Waals surface area contributed by atoms with E-state index in [4.69, 9.17) is 4.74 Å². The molecule has 0 bridgehead atoms. The molecule has 1 amide bonds. The molecule has 0 radical (unpaired) electrons. The number of ether oxygens (including phenoxy) is 1. The van der Waals surface area contributed by atoms with Crippen molar-refractivity contribution in [3.8, 4) is 0 Å². The van der Waals surface area contributed by atoms with Gasteiger partial charge in [-0.1, -0.05) is 30.3 Å². The second-order valence-electron chi connectivity index (χ2n) is 4.89. The van der Waals surface area contributed by atoms with Gasteiger partial charge >= 0.3 is 0 Å². The van der Waals surface area contributed by atoms with Crippen LogP contribution in [-0.4, -0.2) is 32.1 Å². The van der Waals surface area contributed by atoms with Gasteiger partial charge in [0, 0.05) is 26.2 Å². The third-order valence-electron chi connectivity index (χ3n) is 3.28. The maximum absolute atomic E-state index is 11.5. The van der Waals surface area contributed by atoms with Crippen LogP contribution in [0.4, 0.5) is 0 Å². The molecular weight excluding hydrogens is 240 g/mol. The monoisotopic (exact) mass is 262 g/mol. The molecule has 1 saturated heterocycles. The molecule has 4 heteroatoms. The molecule has 104 valence electrons. The molecule has 0 aromatic heterocycles. The molecule has 0 spiro atoms. The minimum absolute atomic E-state index is 0.184. The normalized spacial score (nSPS) is 14.9. The highest BCUT2D eigenvalue weighted by Crippen LogP contribution is 2.03. The van der Waals surface area contributed by atoms with Gasteiger partial charge in [-0.25, -0.2) is 0 Å². The Morgan fingerprint density at radius 2 is 2.05 bits per heavy atom. The van der Waals surface area contributed by atoms with Crippen LogP contribution >= 0.6 is 0 Å². The van der Waals surface area contributed by atoms with Crippen LogP contribution in [0.15, 0.2) is 30.3 Å². The highest BCUT2D eigenvalue weighted by molar-refractivity contribution is 5.79. The van der Waals surface area contributed by atoms with Gasteiger partial charge in [0.25, 0.3) is 0 Å². The van der Waals surface area contributed by atoms with Gasteiger partial charge in [0.05, 0.1) is 12.5 Å². The summed E-state index contributed by atoms with van der Waals surface area (Å²) >= 11 is 0. The van der Waals surface area contributed by atoms with E-state index in [2.05, 4.69) is 22.8 Å². The van der Waals surface area contributed by atoms with Crippen molar-refractivity contribution in [1.29, 1.82) is 0 Å². The van der Waals surface area contributed by atoms with Crippen molar-refractivity contribution in [3.05, 3.63) is 35.9 Å². The predicted molar refractivity (Wildman–Crippen MR) is 74.7 cm³/mol. The number of rotatable bonds is 8. The molecule has 1 aliphatic heterocycles. The molecule has 0 unspecified atom stereocenters. The topological polar surface area (TPSA) is 50.4 Å². The van der Waals surface area contributed by atoms with Gasteiger partial charge in [-0.05, 0) is 18.4 Å². The van der Waals surface area contributed by atoms with E-state index in [0.29, 0.717) is 6.61 Å². The summed E-state index contributed by atoms with van der Waals surface area (Å²) in [5, 5.41) is 6.05. The first-order chi connectivity index (χ1) is 9.36. The van der Waals surface area contributed by atoms with Crippen LogP contribution in [0.5, 0.6) is 0 Å². The summed E-state index contributed by atoms with van der Waals surface area (Å²) in [5.41, 5.74) is 1.20. The maximum atomic E-state index is 11.5. The summed E-state index contributed by atoms with van der Waals surface area (Å²) in [4.78, 5) is 11.5. The fourth-order valence-electron chi connectivity index (χ4n) is 1.92. The third-order valence-corrected chi connectivity index (χ3v) is 3.28. The minimum atomic E-state index is 0.184. The minimum Gasteiger partial charge on any atom is -0.377 e. The molecular formula is C15H22N2O2. The molecule has 0 saturated carbocycles. The molecule has 2 N–H and O–H groups in total. The smallest absolute Gasteiger partial charge is 0.225 e. The van der Waals surface area contributed by atoms with Crippen LogP contribution in [0.25, 0.3) is 0 Å². The maximum Gasteiger partial charge on any atom is 0.225 e. The third kappa shape index (κ3) is 5.01. The van der Waals surface area contributed by atoms with Gasteiger partial charge in [0.1, 0.15) is 0 Å². The van der Waals surface area contributed by atoms with Gasteiger partial charge in [-0.2, -0.15) is 0 Å². The van der Waals surface area contributed by atoms with Gasteiger partial charge < -0.3 is 15.4 Å². The lowest BCUT2D eigenvalue weighted by Crippen LogP contribution is -2.50. The van der Waals surface area contributed by atoms with E-state index in [9.17, 15) is 4.79 Å². The summed E-state index contributed by atoms with van der Waals surface area (Å²) in [6.45, 7) is 3.82. The standard InChI is InChI=1S/C15H22N2O2/c18-15(14-10-16-11-14)17-8-4-5-9-19-12-13-6-2-1-3-7-13/h1-3,6-7,14,16H,4-5,8-12H2,(H,17,18). The molecule has 19 heavy (non-hydrogen) atoms. The first-order valence-corrected chi connectivity index (χ1v) is 6.96. The molecule has 1 fully saturated rings. The lowest BCUT2D eigenvalue weighted by atomic mass is 10.0. The largest absolute Gasteiger partial charge is 0.377 e. The van der Waals surface area contributed by atoms with E-state index in [1.54, 1.807) is 0 Å². The second kappa shape index (κ2) is 7.92. The lowest BCUT2D eigenvalue weighted by Gasteiger charge is -2.25. The van der Waals surface area contributed by atoms with E-state index in [1.807, 2.05) is 18.2 Å². The Morgan fingerprint density at radius 3 is 2.74 bits per heavy atom. The Balaban J connectivity index is 1.43. The van der Waals surface area contributed by atoms with Crippen molar-refractivity contribution >= 4 is 5.91 Å². The van der Waals surface area contributed by atoms with Crippen molar-refractivity contribution in [2.24, 2.45) is 5.92 Å². The SMILES string of the molecule is O=C(NCCCCOCc1ccccc1)C1CNC1. The van der Waals surface area contributed by atoms with Gasteiger partial charge in [-0.3, -0.25) is 4.79 Å². The molecule has 2 rings (SSSR count). The lowest BCUT2D eigenvalue weighted by molar-refractivity contribution is -0.126. The summed E-state index contributed by atoms with van der Waals surface area (Å²) in [5.74, 6) is 0.373. The Morgan fingerprint density at radius 1 is 1.26 bits per heavy atom. The number of nitrogens with one attached hydrogen (secondary N) is 2. The number of amides is 1. The molecule has 1 aliphatic rings. The number of carbonyl (C=O) groups excluding carboxylic acids is 1. The Bertz CT molecular complexity index is 377. The molecule has 0 aliphatic carbocycles. The number of carbonyl (C=O) groups is 1. The molecule has 1 heterocycles. The molecule has 4 nitrogen and oxygen atoms in total. The second-order valence-corrected chi connectivity index (χ2v) is 4.89. The summed E-state index contributed by atoms with van der Waals surface area (Å²) in [6, 6.07) is 10.2. The summed E-state index contributed by atoms with van der Waals surface area (Å²) < 4.78 is 5.58. The predicted octanol–water partition coefficient (Wildman–Crippen LogP) is 1.32. The van der Waals surface area contributed by atoms with Crippen molar-refractivity contribution in [2.75, 3.05) is 26.2 Å². The number of hydrogen-bond acceptors (Lipinski definition) is 3. The highest BCUT2D eigenvalue weighted by Gasteiger charge is 2.23. The molecule has 1 aromatic rings. The van der Waals surface area contributed by atoms with Crippen molar-refractivity contribution in [2.45, 2.75) is 19.4 Å². The summed E-state index contributed by atoms with van der Waals surface area (Å²) in [6.07, 6.45) is 1.96. The van der Waals surface area contributed by atoms with Gasteiger partial charge in [0.2, 0.25) is 5.91 Å². The number of hydrogen-bond donors (Lipinski definition) is 2. The molecule has 1 aromatic carbocycles. The molecule has 0 atom stereocenters. The van der Waals surface area contributed by atoms with Gasteiger partial charge in [-0.15, -0.1) is 0 Å². The average molecular weight is 262 g/mol. The number of benzene rings is 1. The fourth-order valence-corrected chi connectivity index (χ4v) is 1.92. The van der Waals surface area contributed by atoms with Crippen LogP contribution in [0.1, 0.15) is 18.4 Å². The van der Waals surface area contributed by atoms with E-state index in [0.717, 1.165) is 39.1 Å². The van der Waals surface area contributed by atoms with Crippen LogP contribution in [0.3, 0.4) is 0 Å². The van der Waals surface area contributed by atoms with E-state index in [1.165, 1.54) is 5.56 Å². The Hall–Kier alpha value is -1.39. The van der Waals surface area contributed by atoms with Crippen LogP contribution < -0.4 is 10.6 Å². The number of unbranched alkanes of at least 4 members (excludes halogenated alkanes) is 1. The van der Waals surface area contributed by atoms with Gasteiger partial charge in [0.15, 0.2) is 0 Å². The zero-order valence-corrected chi connectivity index (χ0v) is 11.2. The Labute approximate surface area is 114 Å². The zero-order chi connectivity index (χ0) is 13.3. The first kappa shape index (κ1) is 14.0. The zero-order valence-electron chi connectivity index (χ0n) is 11.2.